The highest BCUT2D eigenvalue weighted by Crippen LogP contribution is 2.28. The number of rotatable bonds is 5. The number of nitrogens with two attached hydrogens (primary N) is 1. The molecule has 2 aromatic rings. The first-order valence-corrected chi connectivity index (χ1v) is 6.78. The third-order valence-corrected chi connectivity index (χ3v) is 3.29. The van der Waals surface area contributed by atoms with Crippen LogP contribution in [0, 0.1) is 5.82 Å². The van der Waals surface area contributed by atoms with Crippen LogP contribution in [0.15, 0.2) is 24.3 Å². The average molecular weight is 261 g/mol. The van der Waals surface area contributed by atoms with E-state index in [0.717, 1.165) is 48.4 Å². The van der Waals surface area contributed by atoms with Crippen molar-refractivity contribution in [2.24, 2.45) is 0 Å². The molecular formula is C15H20FN3. The van der Waals surface area contributed by atoms with Gasteiger partial charge in [-0.05, 0) is 37.1 Å². The zero-order chi connectivity index (χ0) is 13.8. The molecule has 0 unspecified atom stereocenters. The van der Waals surface area contributed by atoms with Crippen LogP contribution >= 0.6 is 0 Å². The zero-order valence-electron chi connectivity index (χ0n) is 11.5. The van der Waals surface area contributed by atoms with Gasteiger partial charge in [0.2, 0.25) is 0 Å². The normalized spacial score (nSPS) is 10.9. The highest BCUT2D eigenvalue weighted by Gasteiger charge is 2.15. The molecule has 0 amide bonds. The predicted octanol–water partition coefficient (Wildman–Crippen LogP) is 3.63. The van der Waals surface area contributed by atoms with E-state index >= 15 is 0 Å². The maximum Gasteiger partial charge on any atom is 0.125 e. The first kappa shape index (κ1) is 13.6. The van der Waals surface area contributed by atoms with Gasteiger partial charge in [-0.1, -0.05) is 20.3 Å². The maximum absolute atomic E-state index is 13.0. The molecule has 0 saturated carbocycles. The number of nitrogens with zero attached hydrogens (tertiary/aromatic N) is 2. The minimum Gasteiger partial charge on any atom is -0.384 e. The van der Waals surface area contributed by atoms with Crippen molar-refractivity contribution >= 4 is 5.82 Å². The summed E-state index contributed by atoms with van der Waals surface area (Å²) in [6, 6.07) is 6.41. The molecule has 4 heteroatoms. The van der Waals surface area contributed by atoms with E-state index in [1.165, 1.54) is 12.1 Å². The number of hydrogen-bond acceptors (Lipinski definition) is 2. The fourth-order valence-electron chi connectivity index (χ4n) is 2.18. The fourth-order valence-corrected chi connectivity index (χ4v) is 2.18. The second-order valence-electron chi connectivity index (χ2n) is 4.65. The minimum absolute atomic E-state index is 0.236. The van der Waals surface area contributed by atoms with Crippen LogP contribution in [0.25, 0.3) is 11.3 Å². The fraction of sp³-hybridized carbons (Fsp3) is 0.400. The van der Waals surface area contributed by atoms with Gasteiger partial charge in [0.25, 0.3) is 0 Å². The van der Waals surface area contributed by atoms with Crippen LogP contribution in [0.3, 0.4) is 0 Å². The third kappa shape index (κ3) is 2.78. The standard InChI is InChI=1S/C15H20FN3/c1-3-5-10-19-15(17)13(4-2)14(18-19)11-6-8-12(16)9-7-11/h6-9H,3-5,10,17H2,1-2H3. The molecule has 0 aliphatic carbocycles. The lowest BCUT2D eigenvalue weighted by atomic mass is 10.1. The van der Waals surface area contributed by atoms with Gasteiger partial charge in [0.1, 0.15) is 11.6 Å². The van der Waals surface area contributed by atoms with Crippen LogP contribution in [0.4, 0.5) is 10.2 Å². The van der Waals surface area contributed by atoms with Crippen molar-refractivity contribution in [3.05, 3.63) is 35.6 Å². The number of benzene rings is 1. The van der Waals surface area contributed by atoms with Crippen LogP contribution in [-0.4, -0.2) is 9.78 Å². The van der Waals surface area contributed by atoms with Crippen molar-refractivity contribution in [1.29, 1.82) is 0 Å². The Morgan fingerprint density at radius 3 is 2.47 bits per heavy atom. The summed E-state index contributed by atoms with van der Waals surface area (Å²) in [5, 5.41) is 4.59. The Hall–Kier alpha value is -1.84. The smallest absolute Gasteiger partial charge is 0.125 e. The predicted molar refractivity (Wildman–Crippen MR) is 76.3 cm³/mol. The molecule has 102 valence electrons. The lowest BCUT2D eigenvalue weighted by Crippen LogP contribution is -2.05. The maximum atomic E-state index is 13.0. The Bertz CT molecular complexity index is 543. The van der Waals surface area contributed by atoms with Crippen molar-refractivity contribution < 1.29 is 4.39 Å². The Kier molecular flexibility index (Phi) is 4.20. The van der Waals surface area contributed by atoms with E-state index in [1.807, 2.05) is 4.68 Å². The molecule has 1 aromatic carbocycles. The molecule has 1 aromatic heterocycles. The Morgan fingerprint density at radius 2 is 1.89 bits per heavy atom. The van der Waals surface area contributed by atoms with Gasteiger partial charge in [-0.15, -0.1) is 0 Å². The van der Waals surface area contributed by atoms with E-state index in [4.69, 9.17) is 5.73 Å². The van der Waals surface area contributed by atoms with E-state index in [2.05, 4.69) is 18.9 Å². The summed E-state index contributed by atoms with van der Waals surface area (Å²) in [5.74, 6) is 0.496. The number of nitrogen functional groups attached to an aromatic ring is 1. The molecule has 2 N–H and O–H groups in total. The van der Waals surface area contributed by atoms with Crippen LogP contribution in [-0.2, 0) is 13.0 Å². The van der Waals surface area contributed by atoms with Crippen molar-refractivity contribution in [3.8, 4) is 11.3 Å². The monoisotopic (exact) mass is 261 g/mol. The summed E-state index contributed by atoms with van der Waals surface area (Å²) < 4.78 is 14.8. The molecule has 1 heterocycles. The SMILES string of the molecule is CCCCn1nc(-c2ccc(F)cc2)c(CC)c1N. The summed E-state index contributed by atoms with van der Waals surface area (Å²) in [6.07, 6.45) is 2.98. The topological polar surface area (TPSA) is 43.8 Å². The van der Waals surface area contributed by atoms with E-state index in [0.29, 0.717) is 0 Å². The summed E-state index contributed by atoms with van der Waals surface area (Å²) in [6.45, 7) is 5.03. The lowest BCUT2D eigenvalue weighted by Gasteiger charge is -2.02. The average Bonchev–Trinajstić information content (AvgIpc) is 2.73. The molecule has 19 heavy (non-hydrogen) atoms. The number of anilines is 1. The molecular weight excluding hydrogens is 241 g/mol. The van der Waals surface area contributed by atoms with Gasteiger partial charge in [0, 0.05) is 17.7 Å². The second-order valence-corrected chi connectivity index (χ2v) is 4.65. The van der Waals surface area contributed by atoms with E-state index in [1.54, 1.807) is 12.1 Å². The summed E-state index contributed by atoms with van der Waals surface area (Å²) in [4.78, 5) is 0. The van der Waals surface area contributed by atoms with Gasteiger partial charge in [0.05, 0.1) is 5.69 Å². The summed E-state index contributed by atoms with van der Waals surface area (Å²) in [7, 11) is 0. The molecule has 0 saturated heterocycles. The van der Waals surface area contributed by atoms with Gasteiger partial charge >= 0.3 is 0 Å². The largest absolute Gasteiger partial charge is 0.384 e. The van der Waals surface area contributed by atoms with Gasteiger partial charge in [0.15, 0.2) is 0 Å². The van der Waals surface area contributed by atoms with Crippen molar-refractivity contribution in [3.63, 3.8) is 0 Å². The number of unbranched alkanes of at least 4 members (excludes halogenated alkanes) is 1. The van der Waals surface area contributed by atoms with Crippen LogP contribution in [0.1, 0.15) is 32.3 Å². The first-order chi connectivity index (χ1) is 9.17. The molecule has 0 aliphatic rings. The van der Waals surface area contributed by atoms with Crippen LogP contribution < -0.4 is 5.73 Å². The van der Waals surface area contributed by atoms with E-state index in [-0.39, 0.29) is 5.82 Å². The molecule has 2 rings (SSSR count). The van der Waals surface area contributed by atoms with Crippen molar-refractivity contribution in [2.45, 2.75) is 39.7 Å². The van der Waals surface area contributed by atoms with Gasteiger partial charge in [-0.25, -0.2) is 9.07 Å². The molecule has 0 spiro atoms. The number of hydrogen-bond donors (Lipinski definition) is 1. The van der Waals surface area contributed by atoms with Crippen molar-refractivity contribution in [2.75, 3.05) is 5.73 Å². The number of aryl methyl sites for hydroxylation is 1. The van der Waals surface area contributed by atoms with Crippen LogP contribution in [0.2, 0.25) is 0 Å². The Labute approximate surface area is 113 Å². The first-order valence-electron chi connectivity index (χ1n) is 6.78. The quantitative estimate of drug-likeness (QED) is 0.893. The van der Waals surface area contributed by atoms with E-state index < -0.39 is 0 Å². The molecule has 0 bridgehead atoms. The Balaban J connectivity index is 2.41. The molecule has 0 atom stereocenters. The number of aromatic nitrogens is 2. The van der Waals surface area contributed by atoms with Crippen LogP contribution in [0.5, 0.6) is 0 Å². The van der Waals surface area contributed by atoms with Gasteiger partial charge < -0.3 is 5.73 Å². The summed E-state index contributed by atoms with van der Waals surface area (Å²) >= 11 is 0. The molecule has 0 aliphatic heterocycles. The lowest BCUT2D eigenvalue weighted by molar-refractivity contribution is 0.580. The van der Waals surface area contributed by atoms with Gasteiger partial charge in [-0.3, -0.25) is 0 Å². The highest BCUT2D eigenvalue weighted by atomic mass is 19.1. The third-order valence-electron chi connectivity index (χ3n) is 3.29. The van der Waals surface area contributed by atoms with E-state index in [9.17, 15) is 4.39 Å². The Morgan fingerprint density at radius 1 is 1.21 bits per heavy atom. The minimum atomic E-state index is -0.236. The van der Waals surface area contributed by atoms with Crippen molar-refractivity contribution in [1.82, 2.24) is 9.78 Å². The summed E-state index contributed by atoms with van der Waals surface area (Å²) in [5.41, 5.74) is 8.98. The van der Waals surface area contributed by atoms with Gasteiger partial charge in [-0.2, -0.15) is 5.10 Å². The highest BCUT2D eigenvalue weighted by molar-refractivity contribution is 5.68. The number of halogens is 1. The molecule has 0 fully saturated rings. The molecule has 0 radical (unpaired) electrons. The zero-order valence-corrected chi connectivity index (χ0v) is 11.5. The second kappa shape index (κ2) is 5.87. The molecule has 3 nitrogen and oxygen atoms in total.